The molecule has 1 saturated carbocycles. The molecule has 0 bridgehead atoms. The molecule has 1 heterocycles. The summed E-state index contributed by atoms with van der Waals surface area (Å²) >= 11 is 1.61. The SMILES string of the molecule is CCN(Cc1cccs1)C(=O)C1C(C(=O)O)C1(C)C. The van der Waals surface area contributed by atoms with Gasteiger partial charge in [0.2, 0.25) is 5.91 Å². The van der Waals surface area contributed by atoms with E-state index >= 15 is 0 Å². The summed E-state index contributed by atoms with van der Waals surface area (Å²) < 4.78 is 0. The highest BCUT2D eigenvalue weighted by Gasteiger charge is 2.66. The van der Waals surface area contributed by atoms with Gasteiger partial charge < -0.3 is 10.0 Å². The van der Waals surface area contributed by atoms with Crippen LogP contribution in [0.25, 0.3) is 0 Å². The molecule has 1 fully saturated rings. The number of hydrogen-bond acceptors (Lipinski definition) is 3. The predicted octanol–water partition coefficient (Wildman–Crippen LogP) is 2.45. The van der Waals surface area contributed by atoms with Gasteiger partial charge in [-0.25, -0.2) is 0 Å². The van der Waals surface area contributed by atoms with Gasteiger partial charge in [0.05, 0.1) is 18.4 Å². The van der Waals surface area contributed by atoms with E-state index in [1.165, 1.54) is 0 Å². The second kappa shape index (κ2) is 4.96. The first-order valence-electron chi connectivity index (χ1n) is 6.43. The molecular weight excluding hydrogens is 262 g/mol. The lowest BCUT2D eigenvalue weighted by Crippen LogP contribution is -2.33. The topological polar surface area (TPSA) is 57.6 Å². The van der Waals surface area contributed by atoms with Crippen LogP contribution in [-0.4, -0.2) is 28.4 Å². The minimum Gasteiger partial charge on any atom is -0.481 e. The molecule has 0 radical (unpaired) electrons. The van der Waals surface area contributed by atoms with E-state index in [9.17, 15) is 9.59 Å². The number of carbonyl (C=O) groups excluding carboxylic acids is 1. The molecular formula is C14H19NO3S. The maximum atomic E-state index is 12.5. The number of carbonyl (C=O) groups is 2. The molecule has 1 amide bonds. The number of aliphatic carboxylic acids is 1. The maximum absolute atomic E-state index is 12.5. The molecule has 1 N–H and O–H groups in total. The van der Waals surface area contributed by atoms with Gasteiger partial charge >= 0.3 is 5.97 Å². The third-order valence-electron chi connectivity index (χ3n) is 3.98. The quantitative estimate of drug-likeness (QED) is 0.902. The van der Waals surface area contributed by atoms with Crippen molar-refractivity contribution in [1.29, 1.82) is 0 Å². The Bertz CT molecular complexity index is 481. The molecule has 2 unspecified atom stereocenters. The predicted molar refractivity (Wildman–Crippen MR) is 73.8 cm³/mol. The lowest BCUT2D eigenvalue weighted by molar-refractivity contribution is -0.142. The van der Waals surface area contributed by atoms with Gasteiger partial charge in [-0.05, 0) is 23.8 Å². The molecule has 0 aliphatic heterocycles. The van der Waals surface area contributed by atoms with E-state index in [2.05, 4.69) is 0 Å². The molecule has 19 heavy (non-hydrogen) atoms. The second-order valence-electron chi connectivity index (χ2n) is 5.55. The number of thiophene rings is 1. The fraction of sp³-hybridized carbons (Fsp3) is 0.571. The van der Waals surface area contributed by atoms with Crippen molar-refractivity contribution in [3.63, 3.8) is 0 Å². The minimum atomic E-state index is -0.865. The first kappa shape index (κ1) is 14.1. The third-order valence-corrected chi connectivity index (χ3v) is 4.84. The molecule has 2 atom stereocenters. The van der Waals surface area contributed by atoms with Crippen LogP contribution < -0.4 is 0 Å². The maximum Gasteiger partial charge on any atom is 0.307 e. The van der Waals surface area contributed by atoms with Crippen LogP contribution in [0.4, 0.5) is 0 Å². The standard InChI is InChI=1S/C14H19NO3S/c1-4-15(8-9-6-5-7-19-9)12(16)10-11(13(17)18)14(10,2)3/h5-7,10-11H,4,8H2,1-3H3,(H,17,18). The molecule has 1 aromatic rings. The smallest absolute Gasteiger partial charge is 0.307 e. The fourth-order valence-corrected chi connectivity index (χ4v) is 3.41. The van der Waals surface area contributed by atoms with E-state index in [1.54, 1.807) is 16.2 Å². The summed E-state index contributed by atoms with van der Waals surface area (Å²) in [6, 6.07) is 3.95. The normalized spacial score (nSPS) is 23.9. The van der Waals surface area contributed by atoms with Crippen LogP contribution in [0, 0.1) is 17.3 Å². The monoisotopic (exact) mass is 281 g/mol. The van der Waals surface area contributed by atoms with Crippen molar-refractivity contribution in [2.24, 2.45) is 17.3 Å². The zero-order chi connectivity index (χ0) is 14.2. The van der Waals surface area contributed by atoms with Crippen molar-refractivity contribution in [2.45, 2.75) is 27.3 Å². The van der Waals surface area contributed by atoms with Crippen LogP contribution in [0.5, 0.6) is 0 Å². The highest BCUT2D eigenvalue weighted by Crippen LogP contribution is 2.59. The van der Waals surface area contributed by atoms with E-state index in [0.29, 0.717) is 13.1 Å². The Morgan fingerprint density at radius 3 is 2.53 bits per heavy atom. The lowest BCUT2D eigenvalue weighted by Gasteiger charge is -2.21. The summed E-state index contributed by atoms with van der Waals surface area (Å²) in [6.07, 6.45) is 0. The summed E-state index contributed by atoms with van der Waals surface area (Å²) in [5, 5.41) is 11.1. The van der Waals surface area contributed by atoms with E-state index in [0.717, 1.165) is 4.88 Å². The van der Waals surface area contributed by atoms with Gasteiger partial charge in [0, 0.05) is 11.4 Å². The van der Waals surface area contributed by atoms with Crippen LogP contribution in [0.2, 0.25) is 0 Å². The summed E-state index contributed by atoms with van der Waals surface area (Å²) in [7, 11) is 0. The Morgan fingerprint density at radius 1 is 1.42 bits per heavy atom. The van der Waals surface area contributed by atoms with E-state index < -0.39 is 17.3 Å². The summed E-state index contributed by atoms with van der Waals surface area (Å²) in [6.45, 7) is 6.82. The van der Waals surface area contributed by atoms with Crippen LogP contribution in [0.3, 0.4) is 0 Å². The van der Waals surface area contributed by atoms with Crippen LogP contribution in [-0.2, 0) is 16.1 Å². The number of carboxylic acid groups (broad SMARTS) is 1. The van der Waals surface area contributed by atoms with Crippen molar-refractivity contribution in [3.8, 4) is 0 Å². The largest absolute Gasteiger partial charge is 0.481 e. The molecule has 1 aliphatic carbocycles. The molecule has 0 aromatic carbocycles. The third kappa shape index (κ3) is 2.52. The molecule has 0 spiro atoms. The van der Waals surface area contributed by atoms with Crippen molar-refractivity contribution < 1.29 is 14.7 Å². The van der Waals surface area contributed by atoms with E-state index in [4.69, 9.17) is 5.11 Å². The van der Waals surface area contributed by atoms with Crippen LogP contribution in [0.1, 0.15) is 25.6 Å². The van der Waals surface area contributed by atoms with Crippen molar-refractivity contribution in [2.75, 3.05) is 6.54 Å². The summed E-state index contributed by atoms with van der Waals surface area (Å²) in [4.78, 5) is 26.5. The Morgan fingerprint density at radius 2 is 2.11 bits per heavy atom. The molecule has 4 nitrogen and oxygen atoms in total. The molecule has 1 aromatic heterocycles. The minimum absolute atomic E-state index is 0.0340. The molecule has 0 saturated heterocycles. The first-order chi connectivity index (χ1) is 8.89. The van der Waals surface area contributed by atoms with Crippen molar-refractivity contribution in [3.05, 3.63) is 22.4 Å². The Balaban J connectivity index is 2.08. The summed E-state index contributed by atoms with van der Waals surface area (Å²) in [5.74, 6) is -1.83. The van der Waals surface area contributed by atoms with E-state index in [-0.39, 0.29) is 11.8 Å². The molecule has 104 valence electrons. The first-order valence-corrected chi connectivity index (χ1v) is 7.31. The van der Waals surface area contributed by atoms with Crippen LogP contribution in [0.15, 0.2) is 17.5 Å². The molecule has 1 aliphatic rings. The van der Waals surface area contributed by atoms with Crippen molar-refractivity contribution in [1.82, 2.24) is 4.90 Å². The zero-order valence-corrected chi connectivity index (χ0v) is 12.2. The number of carboxylic acids is 1. The Hall–Kier alpha value is -1.36. The number of nitrogens with zero attached hydrogens (tertiary/aromatic N) is 1. The average Bonchev–Trinajstić information content (AvgIpc) is 2.73. The zero-order valence-electron chi connectivity index (χ0n) is 11.4. The number of hydrogen-bond donors (Lipinski definition) is 1. The van der Waals surface area contributed by atoms with Gasteiger partial charge in [0.1, 0.15) is 0 Å². The van der Waals surface area contributed by atoms with Gasteiger partial charge in [0.25, 0.3) is 0 Å². The molecule has 5 heteroatoms. The lowest BCUT2D eigenvalue weighted by atomic mass is 10.1. The summed E-state index contributed by atoms with van der Waals surface area (Å²) in [5.41, 5.74) is -0.425. The second-order valence-corrected chi connectivity index (χ2v) is 6.58. The van der Waals surface area contributed by atoms with Gasteiger partial charge in [-0.15, -0.1) is 11.3 Å². The fourth-order valence-electron chi connectivity index (χ4n) is 2.69. The van der Waals surface area contributed by atoms with Gasteiger partial charge in [-0.3, -0.25) is 9.59 Å². The molecule has 2 rings (SSSR count). The van der Waals surface area contributed by atoms with Gasteiger partial charge in [-0.2, -0.15) is 0 Å². The highest BCUT2D eigenvalue weighted by atomic mass is 32.1. The Labute approximate surface area is 117 Å². The van der Waals surface area contributed by atoms with Gasteiger partial charge in [0.15, 0.2) is 0 Å². The number of amides is 1. The van der Waals surface area contributed by atoms with E-state index in [1.807, 2.05) is 38.3 Å². The Kier molecular flexibility index (Phi) is 3.67. The van der Waals surface area contributed by atoms with Crippen LogP contribution >= 0.6 is 11.3 Å². The van der Waals surface area contributed by atoms with Gasteiger partial charge in [-0.1, -0.05) is 19.9 Å². The highest BCUT2D eigenvalue weighted by molar-refractivity contribution is 7.09. The average molecular weight is 281 g/mol. The number of rotatable bonds is 5. The van der Waals surface area contributed by atoms with Crippen molar-refractivity contribution >= 4 is 23.2 Å².